The maximum atomic E-state index is 15.2. The number of benzene rings is 2. The van der Waals surface area contributed by atoms with E-state index in [0.717, 1.165) is 23.8 Å². The molecule has 46 heavy (non-hydrogen) atoms. The predicted molar refractivity (Wildman–Crippen MR) is 172 cm³/mol. The summed E-state index contributed by atoms with van der Waals surface area (Å²) in [6.45, 7) is 3.83. The summed E-state index contributed by atoms with van der Waals surface area (Å²) in [7, 11) is 0. The summed E-state index contributed by atoms with van der Waals surface area (Å²) in [6, 6.07) is 11.1. The predicted octanol–water partition coefficient (Wildman–Crippen LogP) is 5.51. The number of carbonyl (C=O) groups excluding carboxylic acids is 1. The van der Waals surface area contributed by atoms with Crippen molar-refractivity contribution < 1.29 is 22.7 Å². The third-order valence-corrected chi connectivity index (χ3v) is 7.39. The van der Waals surface area contributed by atoms with E-state index in [1.54, 1.807) is 6.07 Å². The lowest BCUT2D eigenvalue weighted by Gasteiger charge is -2.34. The van der Waals surface area contributed by atoms with E-state index in [2.05, 4.69) is 30.9 Å². The molecule has 0 aliphatic carbocycles. The Morgan fingerprint density at radius 2 is 1.85 bits per heavy atom. The number of piperidine rings is 1. The highest BCUT2D eigenvalue weighted by atomic mass is 35.5. The number of aromatic amines is 1. The SMILES string of the molecule is CCN1CC[C@@H](Nc2n[nH]c3nccc(Oc4ccc(NC(=O)c5ccnn(-c6ccc(F)cc6)c5=O)cc4F)c23)[C@@H](F)C1.Cl.Cl. The lowest BCUT2D eigenvalue weighted by Crippen LogP contribution is -2.47. The summed E-state index contributed by atoms with van der Waals surface area (Å²) in [4.78, 5) is 32.1. The van der Waals surface area contributed by atoms with Gasteiger partial charge in [0.05, 0.1) is 11.7 Å². The van der Waals surface area contributed by atoms with Gasteiger partial charge in [-0.1, -0.05) is 6.92 Å². The summed E-state index contributed by atoms with van der Waals surface area (Å²) >= 11 is 0. The van der Waals surface area contributed by atoms with Gasteiger partial charge in [-0.2, -0.15) is 14.9 Å². The number of nitrogens with zero attached hydrogens (tertiary/aromatic N) is 5. The molecular weight excluding hydrogens is 648 g/mol. The van der Waals surface area contributed by atoms with Gasteiger partial charge in [0.25, 0.3) is 11.5 Å². The number of ether oxygens (including phenoxy) is 1. The van der Waals surface area contributed by atoms with Gasteiger partial charge in [-0.25, -0.2) is 18.2 Å². The van der Waals surface area contributed by atoms with Crippen molar-refractivity contribution in [1.29, 1.82) is 0 Å². The summed E-state index contributed by atoms with van der Waals surface area (Å²) < 4.78 is 50.2. The fourth-order valence-corrected chi connectivity index (χ4v) is 5.03. The minimum Gasteiger partial charge on any atom is -0.453 e. The number of H-pyrrole nitrogens is 1. The average molecular weight is 678 g/mol. The number of fused-ring (bicyclic) bond motifs is 1. The van der Waals surface area contributed by atoms with Gasteiger partial charge in [0.2, 0.25) is 0 Å². The first-order chi connectivity index (χ1) is 21.3. The Bertz CT molecular complexity index is 1890. The number of pyridine rings is 1. The second kappa shape index (κ2) is 14.6. The number of carbonyl (C=O) groups is 1. The highest BCUT2D eigenvalue weighted by molar-refractivity contribution is 6.04. The van der Waals surface area contributed by atoms with Crippen molar-refractivity contribution in [2.45, 2.75) is 25.6 Å². The number of alkyl halides is 1. The monoisotopic (exact) mass is 676 g/mol. The van der Waals surface area contributed by atoms with Crippen molar-refractivity contribution in [3.63, 3.8) is 0 Å². The molecule has 1 fully saturated rings. The quantitative estimate of drug-likeness (QED) is 0.196. The molecule has 2 aromatic carbocycles. The van der Waals surface area contributed by atoms with Crippen molar-refractivity contribution in [1.82, 2.24) is 29.9 Å². The second-order valence-corrected chi connectivity index (χ2v) is 10.2. The van der Waals surface area contributed by atoms with E-state index in [1.165, 1.54) is 54.9 Å². The zero-order valence-electron chi connectivity index (χ0n) is 24.2. The van der Waals surface area contributed by atoms with Gasteiger partial charge in [0, 0.05) is 43.3 Å². The molecule has 5 aromatic rings. The van der Waals surface area contributed by atoms with Gasteiger partial charge in [-0.3, -0.25) is 14.7 Å². The summed E-state index contributed by atoms with van der Waals surface area (Å²) in [6.07, 6.45) is 2.21. The van der Waals surface area contributed by atoms with E-state index in [9.17, 15) is 18.4 Å². The van der Waals surface area contributed by atoms with Crippen molar-refractivity contribution >= 4 is 53.3 Å². The number of hydrogen-bond acceptors (Lipinski definition) is 8. The second-order valence-electron chi connectivity index (χ2n) is 10.2. The molecule has 1 saturated heterocycles. The number of rotatable bonds is 8. The first-order valence-electron chi connectivity index (χ1n) is 13.9. The Morgan fingerprint density at radius 3 is 2.57 bits per heavy atom. The van der Waals surface area contributed by atoms with Crippen LogP contribution in [0.5, 0.6) is 11.5 Å². The van der Waals surface area contributed by atoms with Crippen LogP contribution in [-0.4, -0.2) is 67.6 Å². The number of hydrogen-bond donors (Lipinski definition) is 3. The molecule has 6 rings (SSSR count). The van der Waals surface area contributed by atoms with E-state index in [1.807, 2.05) is 11.8 Å². The van der Waals surface area contributed by atoms with Crippen LogP contribution >= 0.6 is 24.8 Å². The van der Waals surface area contributed by atoms with E-state index in [0.29, 0.717) is 29.8 Å². The summed E-state index contributed by atoms with van der Waals surface area (Å²) in [5.41, 5.74) is -0.272. The van der Waals surface area contributed by atoms with E-state index in [-0.39, 0.29) is 53.3 Å². The molecule has 1 aliphatic heterocycles. The highest BCUT2D eigenvalue weighted by Gasteiger charge is 2.30. The van der Waals surface area contributed by atoms with Crippen molar-refractivity contribution in [2.75, 3.05) is 30.3 Å². The average Bonchev–Trinajstić information content (AvgIpc) is 3.43. The minimum absolute atomic E-state index is 0. The molecule has 11 nitrogen and oxygen atoms in total. The Hall–Kier alpha value is -4.66. The number of likely N-dealkylation sites (tertiary alicyclic amines) is 1. The van der Waals surface area contributed by atoms with E-state index < -0.39 is 35.3 Å². The van der Waals surface area contributed by atoms with E-state index in [4.69, 9.17) is 4.74 Å². The smallest absolute Gasteiger partial charge is 0.284 e. The molecule has 0 radical (unpaired) electrons. The number of nitrogens with one attached hydrogen (secondary N) is 3. The van der Waals surface area contributed by atoms with Crippen LogP contribution in [-0.2, 0) is 0 Å². The summed E-state index contributed by atoms with van der Waals surface area (Å²) in [5, 5.41) is 17.1. The molecule has 1 aliphatic rings. The molecule has 0 unspecified atom stereocenters. The van der Waals surface area contributed by atoms with Crippen molar-refractivity contribution in [3.05, 3.63) is 94.5 Å². The molecule has 242 valence electrons. The molecule has 3 N–H and O–H groups in total. The molecule has 0 bridgehead atoms. The van der Waals surface area contributed by atoms with Crippen LogP contribution in [0.2, 0.25) is 0 Å². The maximum absolute atomic E-state index is 15.2. The zero-order valence-corrected chi connectivity index (χ0v) is 25.9. The zero-order chi connectivity index (χ0) is 30.8. The number of halogens is 5. The van der Waals surface area contributed by atoms with Crippen LogP contribution in [0.4, 0.5) is 24.7 Å². The standard InChI is InChI=1S/C30H27F3N8O3.2ClH/c1-2-40-14-11-23(22(33)16-40)37-28-26-25(10-12-34-27(26)38-39-28)44-24-8-5-18(15-21(24)32)36-29(42)20-9-13-35-41(30(20)43)19-6-3-17(31)4-7-19;;/h3-10,12-13,15,22-23H,2,11,14,16H2,1H3,(H,36,42)(H2,34,37,38,39);2*1H/t22-,23+;;/m0../s1. The third-order valence-electron chi connectivity index (χ3n) is 7.39. The van der Waals surface area contributed by atoms with Crippen LogP contribution in [0.3, 0.4) is 0 Å². The maximum Gasteiger partial charge on any atom is 0.284 e. The minimum atomic E-state index is -1.10. The van der Waals surface area contributed by atoms with Gasteiger partial charge in [0.1, 0.15) is 28.7 Å². The third kappa shape index (κ3) is 7.09. The van der Waals surface area contributed by atoms with Gasteiger partial charge < -0.3 is 20.3 Å². The Labute approximate surface area is 273 Å². The fraction of sp³-hybridized carbons (Fsp3) is 0.233. The van der Waals surface area contributed by atoms with Crippen LogP contribution in [0.1, 0.15) is 23.7 Å². The Balaban J connectivity index is 0.00000240. The summed E-state index contributed by atoms with van der Waals surface area (Å²) in [5.74, 6) is -1.64. The van der Waals surface area contributed by atoms with Crippen LogP contribution in [0.15, 0.2) is 71.8 Å². The van der Waals surface area contributed by atoms with Crippen LogP contribution in [0.25, 0.3) is 16.7 Å². The molecular formula is C30H29Cl2F3N8O3. The normalized spacial score (nSPS) is 16.3. The first kappa shape index (κ1) is 34.2. The molecule has 0 spiro atoms. The molecule has 16 heteroatoms. The van der Waals surface area contributed by atoms with Crippen molar-refractivity contribution in [3.8, 4) is 17.2 Å². The molecule has 2 atom stereocenters. The van der Waals surface area contributed by atoms with Crippen LogP contribution in [0, 0.1) is 11.6 Å². The number of amides is 1. The van der Waals surface area contributed by atoms with Crippen LogP contribution < -0.4 is 20.9 Å². The fourth-order valence-electron chi connectivity index (χ4n) is 5.03. The Morgan fingerprint density at radius 1 is 1.07 bits per heavy atom. The highest BCUT2D eigenvalue weighted by Crippen LogP contribution is 2.35. The lowest BCUT2D eigenvalue weighted by molar-refractivity contribution is 0.102. The number of aromatic nitrogens is 5. The number of anilines is 2. The molecule has 0 saturated carbocycles. The lowest BCUT2D eigenvalue weighted by atomic mass is 10.0. The largest absolute Gasteiger partial charge is 0.453 e. The molecule has 1 amide bonds. The molecule has 4 heterocycles. The first-order valence-corrected chi connectivity index (χ1v) is 13.9. The van der Waals surface area contributed by atoms with Gasteiger partial charge in [0.15, 0.2) is 23.0 Å². The van der Waals surface area contributed by atoms with Gasteiger partial charge in [-0.05, 0) is 55.4 Å². The topological polar surface area (TPSA) is 130 Å². The van der Waals surface area contributed by atoms with Gasteiger partial charge in [-0.15, -0.1) is 24.8 Å². The van der Waals surface area contributed by atoms with E-state index >= 15 is 4.39 Å². The van der Waals surface area contributed by atoms with Gasteiger partial charge >= 0.3 is 0 Å². The molecule has 3 aromatic heterocycles. The Kier molecular flexibility index (Phi) is 10.9. The van der Waals surface area contributed by atoms with Crippen molar-refractivity contribution in [2.24, 2.45) is 0 Å².